The Balaban J connectivity index is 1.82. The molecule has 0 fully saturated rings. The van der Waals surface area contributed by atoms with Crippen molar-refractivity contribution in [3.8, 4) is 5.75 Å². The number of carbonyl (C=O) groups is 2. The molecule has 2 amide bonds. The topological polar surface area (TPSA) is 148 Å². The van der Waals surface area contributed by atoms with Crippen molar-refractivity contribution in [2.24, 2.45) is 22.2 Å². The molecule has 39 heavy (non-hydrogen) atoms. The van der Waals surface area contributed by atoms with Crippen molar-refractivity contribution in [3.63, 3.8) is 0 Å². The van der Waals surface area contributed by atoms with E-state index in [0.29, 0.717) is 11.3 Å². The van der Waals surface area contributed by atoms with Crippen molar-refractivity contribution in [2.45, 2.75) is 24.9 Å². The van der Waals surface area contributed by atoms with Crippen LogP contribution in [0.5, 0.6) is 5.75 Å². The number of aliphatic imine (C=N–C) groups is 1. The average molecular weight is 522 g/mol. The van der Waals surface area contributed by atoms with Crippen molar-refractivity contribution >= 4 is 23.5 Å². The number of para-hydroxylation sites is 1. The Kier molecular flexibility index (Phi) is 8.58. The Hall–Kier alpha value is -5.11. The van der Waals surface area contributed by atoms with E-state index in [1.807, 2.05) is 66.7 Å². The number of carbonyl (C=O) groups excluding carboxylic acids is 2. The maximum absolute atomic E-state index is 14.5. The zero-order valence-electron chi connectivity index (χ0n) is 21.4. The molecule has 0 spiro atoms. The van der Waals surface area contributed by atoms with E-state index in [9.17, 15) is 14.7 Å². The molecule has 0 saturated carbocycles. The van der Waals surface area contributed by atoms with Crippen LogP contribution < -0.4 is 17.2 Å². The molecule has 0 saturated heterocycles. The average Bonchev–Trinajstić information content (AvgIpc) is 2.93. The Morgan fingerprint density at radius 1 is 0.744 bits per heavy atom. The summed E-state index contributed by atoms with van der Waals surface area (Å²) in [6, 6.07) is 31.4. The number of phenolic OH excluding ortho intramolecular Hbond substituents is 1. The minimum absolute atomic E-state index is 0.0906. The smallest absolute Gasteiger partial charge is 0.240 e. The number of amides is 2. The SMILES string of the molecule is NC(=O)[C@@H](Cc1ccccc1N=C(N)N)N(Cc1ccc(O)cc1)C(=O)C(c1ccccc1)c1ccccc1. The van der Waals surface area contributed by atoms with Crippen molar-refractivity contribution in [2.75, 3.05) is 0 Å². The van der Waals surface area contributed by atoms with Gasteiger partial charge in [-0.1, -0.05) is 91.0 Å². The molecule has 0 aliphatic rings. The summed E-state index contributed by atoms with van der Waals surface area (Å²) in [5.74, 6) is -1.66. The summed E-state index contributed by atoms with van der Waals surface area (Å²) in [5.41, 5.74) is 20.7. The highest BCUT2D eigenvalue weighted by Crippen LogP contribution is 2.30. The van der Waals surface area contributed by atoms with Gasteiger partial charge in [0.15, 0.2) is 5.96 Å². The predicted molar refractivity (Wildman–Crippen MR) is 152 cm³/mol. The highest BCUT2D eigenvalue weighted by atomic mass is 16.3. The minimum atomic E-state index is -1.02. The Bertz CT molecular complexity index is 1400. The molecule has 1 atom stereocenters. The molecule has 4 aromatic rings. The number of nitrogens with two attached hydrogens (primary N) is 3. The van der Waals surface area contributed by atoms with Crippen LogP contribution in [0.2, 0.25) is 0 Å². The largest absolute Gasteiger partial charge is 0.508 e. The normalized spacial score (nSPS) is 11.5. The van der Waals surface area contributed by atoms with Gasteiger partial charge in [0, 0.05) is 13.0 Å². The van der Waals surface area contributed by atoms with E-state index in [-0.39, 0.29) is 30.6 Å². The third kappa shape index (κ3) is 6.81. The second-order valence-corrected chi connectivity index (χ2v) is 9.17. The molecule has 0 heterocycles. The molecular formula is C31H31N5O3. The zero-order valence-corrected chi connectivity index (χ0v) is 21.4. The first-order valence-corrected chi connectivity index (χ1v) is 12.5. The van der Waals surface area contributed by atoms with Crippen LogP contribution in [-0.4, -0.2) is 33.8 Å². The van der Waals surface area contributed by atoms with Gasteiger partial charge in [0.2, 0.25) is 11.8 Å². The number of phenols is 1. The van der Waals surface area contributed by atoms with Gasteiger partial charge in [-0.25, -0.2) is 4.99 Å². The summed E-state index contributed by atoms with van der Waals surface area (Å²) in [4.78, 5) is 33.2. The van der Waals surface area contributed by atoms with Crippen LogP contribution in [-0.2, 0) is 22.6 Å². The van der Waals surface area contributed by atoms with Gasteiger partial charge in [0.25, 0.3) is 0 Å². The highest BCUT2D eigenvalue weighted by molar-refractivity contribution is 5.92. The van der Waals surface area contributed by atoms with Crippen LogP contribution in [0.15, 0.2) is 114 Å². The number of hydrogen-bond donors (Lipinski definition) is 4. The van der Waals surface area contributed by atoms with E-state index < -0.39 is 17.9 Å². The highest BCUT2D eigenvalue weighted by Gasteiger charge is 2.35. The molecule has 0 aromatic heterocycles. The molecule has 4 rings (SSSR count). The van der Waals surface area contributed by atoms with Crippen LogP contribution in [0.4, 0.5) is 5.69 Å². The van der Waals surface area contributed by atoms with Gasteiger partial charge in [0.1, 0.15) is 11.8 Å². The first-order valence-electron chi connectivity index (χ1n) is 12.5. The van der Waals surface area contributed by atoms with Gasteiger partial charge in [-0.05, 0) is 40.5 Å². The Morgan fingerprint density at radius 2 is 1.28 bits per heavy atom. The van der Waals surface area contributed by atoms with Crippen molar-refractivity contribution in [1.29, 1.82) is 0 Å². The van der Waals surface area contributed by atoms with E-state index in [2.05, 4.69) is 4.99 Å². The number of rotatable bonds is 10. The Morgan fingerprint density at radius 3 is 1.82 bits per heavy atom. The first-order chi connectivity index (χ1) is 18.8. The van der Waals surface area contributed by atoms with Crippen LogP contribution in [0.3, 0.4) is 0 Å². The first kappa shape index (κ1) is 26.9. The number of nitrogens with zero attached hydrogens (tertiary/aromatic N) is 2. The van der Waals surface area contributed by atoms with Crippen LogP contribution >= 0.6 is 0 Å². The van der Waals surface area contributed by atoms with E-state index >= 15 is 0 Å². The second-order valence-electron chi connectivity index (χ2n) is 9.17. The van der Waals surface area contributed by atoms with Gasteiger partial charge in [-0.3, -0.25) is 9.59 Å². The second kappa shape index (κ2) is 12.4. The molecule has 0 unspecified atom stereocenters. The number of hydrogen-bond acceptors (Lipinski definition) is 4. The number of guanidine groups is 1. The number of benzene rings is 4. The summed E-state index contributed by atoms with van der Waals surface area (Å²) in [6.45, 7) is 0.0906. The molecule has 0 aliphatic heterocycles. The fourth-order valence-corrected chi connectivity index (χ4v) is 4.58. The quantitative estimate of drug-likeness (QED) is 0.186. The number of aromatic hydroxyl groups is 1. The predicted octanol–water partition coefficient (Wildman–Crippen LogP) is 3.55. The van der Waals surface area contributed by atoms with Crippen LogP contribution in [0, 0.1) is 0 Å². The van der Waals surface area contributed by atoms with E-state index in [1.54, 1.807) is 30.3 Å². The third-order valence-electron chi connectivity index (χ3n) is 6.44. The van der Waals surface area contributed by atoms with Gasteiger partial charge >= 0.3 is 0 Å². The van der Waals surface area contributed by atoms with Crippen molar-refractivity contribution in [3.05, 3.63) is 131 Å². The van der Waals surface area contributed by atoms with Gasteiger partial charge in [0.05, 0.1) is 11.6 Å². The number of primary amides is 1. The van der Waals surface area contributed by atoms with Crippen molar-refractivity contribution < 1.29 is 14.7 Å². The molecular weight excluding hydrogens is 490 g/mol. The Labute approximate surface area is 227 Å². The molecule has 0 aliphatic carbocycles. The third-order valence-corrected chi connectivity index (χ3v) is 6.44. The lowest BCUT2D eigenvalue weighted by Gasteiger charge is -2.34. The van der Waals surface area contributed by atoms with Gasteiger partial charge < -0.3 is 27.2 Å². The summed E-state index contributed by atoms with van der Waals surface area (Å²) in [7, 11) is 0. The molecule has 0 radical (unpaired) electrons. The fourth-order valence-electron chi connectivity index (χ4n) is 4.58. The molecule has 198 valence electrons. The molecule has 0 bridgehead atoms. The summed E-state index contributed by atoms with van der Waals surface area (Å²) in [6.07, 6.45) is 0.0996. The molecule has 4 aromatic carbocycles. The lowest BCUT2D eigenvalue weighted by molar-refractivity contribution is -0.140. The van der Waals surface area contributed by atoms with E-state index in [0.717, 1.165) is 16.7 Å². The van der Waals surface area contributed by atoms with Gasteiger partial charge in [-0.2, -0.15) is 0 Å². The van der Waals surface area contributed by atoms with Crippen molar-refractivity contribution in [1.82, 2.24) is 4.90 Å². The maximum atomic E-state index is 14.5. The van der Waals surface area contributed by atoms with E-state index in [1.165, 1.54) is 17.0 Å². The fraction of sp³-hybridized carbons (Fsp3) is 0.129. The minimum Gasteiger partial charge on any atom is -0.508 e. The van der Waals surface area contributed by atoms with Gasteiger partial charge in [-0.15, -0.1) is 0 Å². The lowest BCUT2D eigenvalue weighted by atomic mass is 9.88. The summed E-state index contributed by atoms with van der Waals surface area (Å²) in [5, 5.41) is 9.79. The summed E-state index contributed by atoms with van der Waals surface area (Å²) < 4.78 is 0. The summed E-state index contributed by atoms with van der Waals surface area (Å²) >= 11 is 0. The zero-order chi connectivity index (χ0) is 27.8. The monoisotopic (exact) mass is 521 g/mol. The maximum Gasteiger partial charge on any atom is 0.240 e. The van der Waals surface area contributed by atoms with Crippen LogP contribution in [0.25, 0.3) is 0 Å². The molecule has 7 N–H and O–H groups in total. The van der Waals surface area contributed by atoms with E-state index in [4.69, 9.17) is 17.2 Å². The molecule has 8 nitrogen and oxygen atoms in total. The lowest BCUT2D eigenvalue weighted by Crippen LogP contribution is -2.50. The molecule has 8 heteroatoms. The van der Waals surface area contributed by atoms with Crippen LogP contribution in [0.1, 0.15) is 28.2 Å². The standard InChI is InChI=1S/C31H31N5O3/c32-29(38)27(19-24-13-7-8-14-26(24)35-31(33)34)36(20-21-15-17-25(37)18-16-21)30(39)28(22-9-3-1-4-10-22)23-11-5-2-6-12-23/h1-18,27-28,37H,19-20H2,(H2,32,38)(H4,33,34,35)/t27-/m1/s1.